The molecule has 6 rings (SSSR count). The smallest absolute Gasteiger partial charge is 0.261 e. The molecule has 4 aliphatic carbocycles. The van der Waals surface area contributed by atoms with Crippen LogP contribution in [0, 0.1) is 37.5 Å². The van der Waals surface area contributed by atoms with E-state index in [4.69, 9.17) is 4.74 Å². The monoisotopic (exact) mass is 395 g/mol. The van der Waals surface area contributed by atoms with Gasteiger partial charge in [-0.1, -0.05) is 12.1 Å². The van der Waals surface area contributed by atoms with E-state index in [1.54, 1.807) is 0 Å². The van der Waals surface area contributed by atoms with Gasteiger partial charge < -0.3 is 10.1 Å². The minimum Gasteiger partial charge on any atom is -0.489 e. The van der Waals surface area contributed by atoms with Crippen molar-refractivity contribution in [3.63, 3.8) is 0 Å². The van der Waals surface area contributed by atoms with Crippen molar-refractivity contribution in [2.45, 2.75) is 58.6 Å². The number of benzene rings is 1. The number of amides is 1. The second kappa shape index (κ2) is 7.22. The summed E-state index contributed by atoms with van der Waals surface area (Å²) in [6.45, 7) is 4.69. The molecule has 4 fully saturated rings. The van der Waals surface area contributed by atoms with E-state index in [2.05, 4.69) is 30.6 Å². The second-order valence-corrected chi connectivity index (χ2v) is 10.1. The van der Waals surface area contributed by atoms with Crippen molar-refractivity contribution >= 4 is 17.2 Å². The van der Waals surface area contributed by atoms with Crippen LogP contribution in [0.1, 0.15) is 58.5 Å². The van der Waals surface area contributed by atoms with Crippen LogP contribution < -0.4 is 10.1 Å². The maximum absolute atomic E-state index is 12.9. The highest BCUT2D eigenvalue weighted by Gasteiger charge is 2.48. The molecule has 1 aromatic heterocycles. The predicted molar refractivity (Wildman–Crippen MR) is 113 cm³/mol. The Labute approximate surface area is 171 Å². The normalized spacial score (nSPS) is 30.4. The maximum atomic E-state index is 12.9. The largest absolute Gasteiger partial charge is 0.489 e. The topological polar surface area (TPSA) is 38.3 Å². The zero-order valence-corrected chi connectivity index (χ0v) is 17.6. The van der Waals surface area contributed by atoms with Crippen molar-refractivity contribution in [2.24, 2.45) is 23.7 Å². The van der Waals surface area contributed by atoms with Gasteiger partial charge >= 0.3 is 0 Å². The van der Waals surface area contributed by atoms with Gasteiger partial charge in [-0.25, -0.2) is 0 Å². The molecule has 0 saturated heterocycles. The van der Waals surface area contributed by atoms with Gasteiger partial charge in [0.05, 0.1) is 4.88 Å². The number of carbonyl (C=O) groups is 1. The number of hydrogen-bond acceptors (Lipinski definition) is 3. The minimum atomic E-state index is 0.112. The number of hydrogen-bond donors (Lipinski definition) is 1. The molecule has 28 heavy (non-hydrogen) atoms. The standard InChI is InChI=1S/C24H29NO2S/c1-14-4-3-5-21(15(14)2)27-12-18-11-22(28-13-18)24(26)25-23-19-7-16-6-17(9-19)10-20(23)8-16/h3-5,11,13,16-17,19-20,23H,6-10,12H2,1-2H3,(H,25,26). The lowest BCUT2D eigenvalue weighted by Crippen LogP contribution is -2.55. The van der Waals surface area contributed by atoms with Crippen LogP contribution in [0.25, 0.3) is 0 Å². The Morgan fingerprint density at radius 3 is 2.54 bits per heavy atom. The molecule has 1 heterocycles. The van der Waals surface area contributed by atoms with Crippen LogP contribution in [0.4, 0.5) is 0 Å². The average molecular weight is 396 g/mol. The molecule has 4 bridgehead atoms. The summed E-state index contributed by atoms with van der Waals surface area (Å²) in [5.41, 5.74) is 3.48. The molecule has 0 atom stereocenters. The Hall–Kier alpha value is -1.81. The number of thiophene rings is 1. The first-order valence-electron chi connectivity index (χ1n) is 10.6. The van der Waals surface area contributed by atoms with E-state index in [0.29, 0.717) is 24.5 Å². The summed E-state index contributed by atoms with van der Waals surface area (Å²) in [5.74, 6) is 4.34. The van der Waals surface area contributed by atoms with Crippen LogP contribution in [0.5, 0.6) is 5.75 Å². The van der Waals surface area contributed by atoms with E-state index in [1.807, 2.05) is 18.2 Å². The van der Waals surface area contributed by atoms with Gasteiger partial charge in [-0.3, -0.25) is 4.79 Å². The molecule has 1 amide bonds. The molecule has 2 aromatic rings. The van der Waals surface area contributed by atoms with Gasteiger partial charge in [-0.15, -0.1) is 11.3 Å². The Morgan fingerprint density at radius 2 is 1.82 bits per heavy atom. The predicted octanol–water partition coefficient (Wildman–Crippen LogP) is 5.50. The summed E-state index contributed by atoms with van der Waals surface area (Å²) in [6, 6.07) is 8.53. The number of nitrogens with one attached hydrogen (secondary N) is 1. The zero-order chi connectivity index (χ0) is 19.3. The molecule has 4 aliphatic rings. The van der Waals surface area contributed by atoms with Gasteiger partial charge in [-0.05, 0) is 98.3 Å². The third kappa shape index (κ3) is 3.36. The lowest BCUT2D eigenvalue weighted by Gasteiger charge is -2.54. The van der Waals surface area contributed by atoms with Gasteiger partial charge in [0.1, 0.15) is 12.4 Å². The molecule has 0 unspecified atom stereocenters. The molecule has 1 N–H and O–H groups in total. The fourth-order valence-corrected chi connectivity index (χ4v) is 6.80. The average Bonchev–Trinajstić information content (AvgIpc) is 3.14. The molecule has 0 radical (unpaired) electrons. The summed E-state index contributed by atoms with van der Waals surface area (Å²) in [6.07, 6.45) is 6.77. The molecular weight excluding hydrogens is 366 g/mol. The van der Waals surface area contributed by atoms with Crippen LogP contribution in [-0.2, 0) is 6.61 Å². The molecule has 0 spiro atoms. The zero-order valence-electron chi connectivity index (χ0n) is 16.7. The maximum Gasteiger partial charge on any atom is 0.261 e. The highest BCUT2D eigenvalue weighted by Crippen LogP contribution is 2.53. The SMILES string of the molecule is Cc1cccc(OCc2csc(C(=O)NC3C4CC5CC(C4)CC3C5)c2)c1C. The number of carbonyl (C=O) groups excluding carboxylic acids is 1. The quantitative estimate of drug-likeness (QED) is 0.726. The minimum absolute atomic E-state index is 0.112. The molecule has 4 heteroatoms. The number of ether oxygens (including phenoxy) is 1. The van der Waals surface area contributed by atoms with Gasteiger partial charge in [0.15, 0.2) is 0 Å². The van der Waals surface area contributed by atoms with Crippen LogP contribution in [-0.4, -0.2) is 11.9 Å². The third-order valence-corrected chi connectivity index (χ3v) is 8.33. The van der Waals surface area contributed by atoms with E-state index in [9.17, 15) is 4.79 Å². The van der Waals surface area contributed by atoms with Gasteiger partial charge in [0, 0.05) is 11.6 Å². The number of rotatable bonds is 5. The Bertz CT molecular complexity index is 858. The lowest BCUT2D eigenvalue weighted by molar-refractivity contribution is -0.0119. The van der Waals surface area contributed by atoms with Gasteiger partial charge in [0.25, 0.3) is 5.91 Å². The van der Waals surface area contributed by atoms with Crippen molar-refractivity contribution in [1.82, 2.24) is 5.32 Å². The first-order valence-corrected chi connectivity index (χ1v) is 11.5. The Balaban J connectivity index is 1.21. The van der Waals surface area contributed by atoms with Crippen LogP contribution in [0.2, 0.25) is 0 Å². The Kier molecular flexibility index (Phi) is 4.70. The van der Waals surface area contributed by atoms with E-state index in [0.717, 1.165) is 28.0 Å². The highest BCUT2D eigenvalue weighted by molar-refractivity contribution is 7.12. The first-order chi connectivity index (χ1) is 13.6. The van der Waals surface area contributed by atoms with E-state index in [-0.39, 0.29) is 5.91 Å². The number of aryl methyl sites for hydroxylation is 1. The molecule has 0 aliphatic heterocycles. The van der Waals surface area contributed by atoms with Crippen LogP contribution in [0.15, 0.2) is 29.6 Å². The highest BCUT2D eigenvalue weighted by atomic mass is 32.1. The second-order valence-electron chi connectivity index (χ2n) is 9.24. The van der Waals surface area contributed by atoms with Crippen molar-refractivity contribution < 1.29 is 9.53 Å². The van der Waals surface area contributed by atoms with Gasteiger partial charge in [-0.2, -0.15) is 0 Å². The summed E-state index contributed by atoms with van der Waals surface area (Å²) < 4.78 is 6.00. The molecule has 148 valence electrons. The van der Waals surface area contributed by atoms with Crippen LogP contribution >= 0.6 is 11.3 Å². The summed E-state index contributed by atoms with van der Waals surface area (Å²) in [5, 5.41) is 5.47. The van der Waals surface area contributed by atoms with Crippen molar-refractivity contribution in [3.05, 3.63) is 51.2 Å². The lowest BCUT2D eigenvalue weighted by atomic mass is 9.54. The van der Waals surface area contributed by atoms with E-state index < -0.39 is 0 Å². The van der Waals surface area contributed by atoms with Crippen molar-refractivity contribution in [1.29, 1.82) is 0 Å². The molecule has 1 aromatic carbocycles. The van der Waals surface area contributed by atoms with Crippen LogP contribution in [0.3, 0.4) is 0 Å². The first kappa shape index (κ1) is 18.2. The summed E-state index contributed by atoms with van der Waals surface area (Å²) >= 11 is 1.53. The van der Waals surface area contributed by atoms with E-state index >= 15 is 0 Å². The van der Waals surface area contributed by atoms with Crippen molar-refractivity contribution in [2.75, 3.05) is 0 Å². The Morgan fingerprint density at radius 1 is 1.11 bits per heavy atom. The molecular formula is C24H29NO2S. The van der Waals surface area contributed by atoms with Gasteiger partial charge in [0.2, 0.25) is 0 Å². The summed E-state index contributed by atoms with van der Waals surface area (Å²) in [7, 11) is 0. The van der Waals surface area contributed by atoms with E-state index in [1.165, 1.54) is 54.6 Å². The third-order valence-electron chi connectivity index (χ3n) is 7.35. The summed E-state index contributed by atoms with van der Waals surface area (Å²) in [4.78, 5) is 13.7. The molecule has 4 saturated carbocycles. The molecule has 3 nitrogen and oxygen atoms in total. The van der Waals surface area contributed by atoms with Crippen molar-refractivity contribution in [3.8, 4) is 5.75 Å². The fourth-order valence-electron chi connectivity index (χ4n) is 6.00. The fraction of sp³-hybridized carbons (Fsp3) is 0.542.